The third-order valence-electron chi connectivity index (χ3n) is 7.73. The number of fused-ring (bicyclic) bond motifs is 2. The van der Waals surface area contributed by atoms with Gasteiger partial charge in [0.15, 0.2) is 11.2 Å². The second-order valence-corrected chi connectivity index (χ2v) is 10.2. The summed E-state index contributed by atoms with van der Waals surface area (Å²) in [6, 6.07) is 25.3. The number of benzene rings is 4. The first-order valence-corrected chi connectivity index (χ1v) is 14.3. The summed E-state index contributed by atoms with van der Waals surface area (Å²) in [4.78, 5) is 9.51. The molecular weight excluding hydrogens is 492 g/mol. The zero-order chi connectivity index (χ0) is 27.6. The normalized spacial score (nSPS) is 11.8. The van der Waals surface area contributed by atoms with Gasteiger partial charge in [-0.2, -0.15) is 0 Å². The topological polar surface area (TPSA) is 52.1 Å². The van der Waals surface area contributed by atoms with Crippen LogP contribution >= 0.6 is 0 Å². The molecule has 6 rings (SSSR count). The molecule has 40 heavy (non-hydrogen) atoms. The van der Waals surface area contributed by atoms with Gasteiger partial charge in [0.1, 0.15) is 11.0 Å². The summed E-state index contributed by atoms with van der Waals surface area (Å²) in [6.07, 6.45) is 8.22. The van der Waals surface area contributed by atoms with Crippen LogP contribution in [-0.4, -0.2) is 9.97 Å². The lowest BCUT2D eigenvalue weighted by molar-refractivity contribution is 0.619. The first kappa shape index (κ1) is 25.8. The number of nitrogens with zero attached hydrogens (tertiary/aromatic N) is 2. The molecule has 0 saturated heterocycles. The summed E-state index contributed by atoms with van der Waals surface area (Å²) in [5.41, 5.74) is 13.1. The Labute approximate surface area is 235 Å². The minimum absolute atomic E-state index is 0.660. The molecule has 0 amide bonds. The van der Waals surface area contributed by atoms with Crippen molar-refractivity contribution in [2.24, 2.45) is 0 Å². The molecule has 4 heteroatoms. The van der Waals surface area contributed by atoms with Crippen molar-refractivity contribution in [3.05, 3.63) is 106 Å². The largest absolute Gasteiger partial charge is 0.436 e. The third kappa shape index (κ3) is 4.98. The average Bonchev–Trinajstić information content (AvgIpc) is 3.62. The van der Waals surface area contributed by atoms with Gasteiger partial charge in [-0.25, -0.2) is 9.97 Å². The van der Waals surface area contributed by atoms with Crippen LogP contribution < -0.4 is 0 Å². The fraction of sp³-hybridized carbons (Fsp3) is 0.222. The summed E-state index contributed by atoms with van der Waals surface area (Å²) in [5, 5.41) is 0. The fourth-order valence-corrected chi connectivity index (χ4v) is 5.35. The third-order valence-corrected chi connectivity index (χ3v) is 7.73. The average molecular weight is 527 g/mol. The highest BCUT2D eigenvalue weighted by Gasteiger charge is 2.12. The van der Waals surface area contributed by atoms with Crippen molar-refractivity contribution in [1.82, 2.24) is 9.97 Å². The second-order valence-electron chi connectivity index (χ2n) is 10.2. The maximum atomic E-state index is 6.11. The molecule has 0 aliphatic heterocycles. The molecule has 6 aromatic rings. The highest BCUT2D eigenvalue weighted by molar-refractivity contribution is 5.80. The number of aromatic nitrogens is 2. The molecule has 2 heterocycles. The molecule has 4 nitrogen and oxygen atoms in total. The number of rotatable bonds is 8. The zero-order valence-corrected chi connectivity index (χ0v) is 23.6. The highest BCUT2D eigenvalue weighted by atomic mass is 16.4. The Balaban J connectivity index is 1.17. The van der Waals surface area contributed by atoms with Crippen molar-refractivity contribution in [3.8, 4) is 22.9 Å². The predicted molar refractivity (Wildman–Crippen MR) is 165 cm³/mol. The SMILES string of the molecule is CCc1cc2nc(-c3ccc(C=Cc4ccc(-c5nc6cc(CC)c(CC)cc6o5)cc4)cc3)oc2cc1CC. The Morgan fingerprint density at radius 1 is 0.500 bits per heavy atom. The Kier molecular flexibility index (Phi) is 7.08. The lowest BCUT2D eigenvalue weighted by Gasteiger charge is -2.03. The minimum Gasteiger partial charge on any atom is -0.436 e. The number of oxazole rings is 2. The Hall–Kier alpha value is -4.44. The van der Waals surface area contributed by atoms with Crippen molar-refractivity contribution < 1.29 is 8.83 Å². The van der Waals surface area contributed by atoms with Gasteiger partial charge in [-0.3, -0.25) is 0 Å². The van der Waals surface area contributed by atoms with E-state index in [9.17, 15) is 0 Å². The molecule has 0 radical (unpaired) electrons. The van der Waals surface area contributed by atoms with E-state index in [1.807, 2.05) is 0 Å². The quantitative estimate of drug-likeness (QED) is 0.185. The van der Waals surface area contributed by atoms with E-state index in [2.05, 4.69) is 113 Å². The van der Waals surface area contributed by atoms with Crippen molar-refractivity contribution in [1.29, 1.82) is 0 Å². The zero-order valence-electron chi connectivity index (χ0n) is 23.6. The smallest absolute Gasteiger partial charge is 0.227 e. The molecule has 0 bridgehead atoms. The minimum atomic E-state index is 0.660. The maximum Gasteiger partial charge on any atom is 0.227 e. The van der Waals surface area contributed by atoms with Crippen molar-refractivity contribution >= 4 is 34.4 Å². The van der Waals surface area contributed by atoms with Crippen LogP contribution in [0.4, 0.5) is 0 Å². The van der Waals surface area contributed by atoms with Gasteiger partial charge in [-0.15, -0.1) is 0 Å². The number of hydrogen-bond acceptors (Lipinski definition) is 4. The lowest BCUT2D eigenvalue weighted by atomic mass is 10.0. The van der Waals surface area contributed by atoms with Gasteiger partial charge >= 0.3 is 0 Å². The second kappa shape index (κ2) is 11.0. The molecule has 0 unspecified atom stereocenters. The van der Waals surface area contributed by atoms with E-state index < -0.39 is 0 Å². The molecule has 0 aliphatic carbocycles. The Morgan fingerprint density at radius 2 is 0.850 bits per heavy atom. The molecule has 0 aliphatic rings. The van der Waals surface area contributed by atoms with Crippen LogP contribution in [0.3, 0.4) is 0 Å². The first-order valence-electron chi connectivity index (χ1n) is 14.3. The van der Waals surface area contributed by atoms with Crippen LogP contribution in [-0.2, 0) is 25.7 Å². The summed E-state index contributed by atoms with van der Waals surface area (Å²) in [5.74, 6) is 1.32. The molecule has 4 aromatic carbocycles. The van der Waals surface area contributed by atoms with Gasteiger partial charge in [-0.05, 0) is 108 Å². The van der Waals surface area contributed by atoms with Crippen LogP contribution in [0.15, 0.2) is 81.6 Å². The summed E-state index contributed by atoms with van der Waals surface area (Å²) in [7, 11) is 0. The van der Waals surface area contributed by atoms with Crippen LogP contribution in [0, 0.1) is 0 Å². The van der Waals surface area contributed by atoms with Gasteiger partial charge in [0.25, 0.3) is 0 Å². The van der Waals surface area contributed by atoms with Gasteiger partial charge in [0, 0.05) is 11.1 Å². The molecule has 0 fully saturated rings. The van der Waals surface area contributed by atoms with Crippen LogP contribution in [0.5, 0.6) is 0 Å². The molecule has 0 spiro atoms. The van der Waals surface area contributed by atoms with Crippen LogP contribution in [0.1, 0.15) is 61.1 Å². The molecule has 200 valence electrons. The van der Waals surface area contributed by atoms with Crippen molar-refractivity contribution in [3.63, 3.8) is 0 Å². The molecular formula is C36H34N2O2. The van der Waals surface area contributed by atoms with E-state index in [1.165, 1.54) is 22.3 Å². The Bertz CT molecular complexity index is 1600. The van der Waals surface area contributed by atoms with E-state index in [1.54, 1.807) is 0 Å². The fourth-order valence-electron chi connectivity index (χ4n) is 5.35. The molecule has 0 atom stereocenters. The number of hydrogen-bond donors (Lipinski definition) is 0. The van der Waals surface area contributed by atoms with E-state index in [0.29, 0.717) is 11.8 Å². The summed E-state index contributed by atoms with van der Waals surface area (Å²) < 4.78 is 12.2. The Morgan fingerprint density at radius 3 is 1.20 bits per heavy atom. The maximum absolute atomic E-state index is 6.11. The van der Waals surface area contributed by atoms with Crippen LogP contribution in [0.25, 0.3) is 57.3 Å². The molecule has 0 N–H and O–H groups in total. The monoisotopic (exact) mass is 526 g/mol. The number of aryl methyl sites for hydroxylation is 4. The molecule has 2 aromatic heterocycles. The van der Waals surface area contributed by atoms with Crippen LogP contribution in [0.2, 0.25) is 0 Å². The van der Waals surface area contributed by atoms with Gasteiger partial charge in [0.05, 0.1) is 0 Å². The van der Waals surface area contributed by atoms with E-state index in [-0.39, 0.29) is 0 Å². The first-order chi connectivity index (χ1) is 19.6. The van der Waals surface area contributed by atoms with Gasteiger partial charge in [-0.1, -0.05) is 64.1 Å². The van der Waals surface area contributed by atoms with Crippen molar-refractivity contribution in [2.75, 3.05) is 0 Å². The van der Waals surface area contributed by atoms with Crippen molar-refractivity contribution in [2.45, 2.75) is 53.4 Å². The van der Waals surface area contributed by atoms with Gasteiger partial charge in [0.2, 0.25) is 11.8 Å². The summed E-state index contributed by atoms with van der Waals surface area (Å²) in [6.45, 7) is 8.73. The molecule has 0 saturated carbocycles. The summed E-state index contributed by atoms with van der Waals surface area (Å²) >= 11 is 0. The predicted octanol–water partition coefficient (Wildman–Crippen LogP) is 9.72. The standard InChI is InChI=1S/C36H34N2O2/c1-5-25-19-31-33(21-27(25)7-3)39-35(37-31)29-15-11-23(12-16-29)9-10-24-13-17-30(18-14-24)36-38-32-20-26(6-2)28(8-4)22-34(32)40-36/h9-22H,5-8H2,1-4H3. The van der Waals surface area contributed by atoms with Gasteiger partial charge < -0.3 is 8.83 Å². The highest BCUT2D eigenvalue weighted by Crippen LogP contribution is 2.29. The van der Waals surface area contributed by atoms with E-state index >= 15 is 0 Å². The lowest BCUT2D eigenvalue weighted by Crippen LogP contribution is -1.90. The van der Waals surface area contributed by atoms with E-state index in [0.717, 1.165) is 70.1 Å². The van der Waals surface area contributed by atoms with E-state index in [4.69, 9.17) is 18.8 Å².